The second-order valence-corrected chi connectivity index (χ2v) is 10.9. The number of hydrogen-bond acceptors (Lipinski definition) is 4. The number of carbonyl (C=O) groups excluding carboxylic acids is 1. The molecule has 8 heteroatoms. The number of ether oxygens (including phenoxy) is 1. The molecule has 2 N–H and O–H groups in total. The molecule has 3 aromatic carbocycles. The third kappa shape index (κ3) is 6.12. The van der Waals surface area contributed by atoms with Crippen LogP contribution in [0, 0.1) is 11.7 Å². The molecule has 3 aromatic rings. The highest BCUT2D eigenvalue weighted by Gasteiger charge is 2.31. The zero-order valence-corrected chi connectivity index (χ0v) is 21.2. The number of nitrogens with one attached hydrogen (secondary N) is 2. The average Bonchev–Trinajstić information content (AvgIpc) is 2.89. The largest absolute Gasteiger partial charge is 0.495 e. The highest BCUT2D eigenvalue weighted by molar-refractivity contribution is 7.89. The number of halogens is 1. The van der Waals surface area contributed by atoms with Crippen LogP contribution in [-0.2, 0) is 14.8 Å². The molecule has 190 valence electrons. The number of methoxy groups -OCH3 is 1. The molecule has 0 aromatic heterocycles. The SMILES string of the molecule is COc1ccc(-c2ccccc2)cc1S(=O)(=O)N[C@H]1CC[C@H](C(=O)N[C@H](C)c2ccc(F)cc2)CC1. The number of hydrogen-bond donors (Lipinski definition) is 2. The molecule has 4 rings (SSSR count). The lowest BCUT2D eigenvalue weighted by atomic mass is 9.85. The van der Waals surface area contributed by atoms with Crippen LogP contribution in [0.1, 0.15) is 44.2 Å². The smallest absolute Gasteiger partial charge is 0.244 e. The lowest BCUT2D eigenvalue weighted by Gasteiger charge is -2.29. The highest BCUT2D eigenvalue weighted by atomic mass is 32.2. The van der Waals surface area contributed by atoms with Crippen LogP contribution in [0.15, 0.2) is 77.7 Å². The maximum atomic E-state index is 13.3. The van der Waals surface area contributed by atoms with E-state index in [1.807, 2.05) is 43.3 Å². The number of benzene rings is 3. The summed E-state index contributed by atoms with van der Waals surface area (Å²) >= 11 is 0. The van der Waals surface area contributed by atoms with Gasteiger partial charge >= 0.3 is 0 Å². The summed E-state index contributed by atoms with van der Waals surface area (Å²) in [5, 5.41) is 2.99. The lowest BCUT2D eigenvalue weighted by Crippen LogP contribution is -2.41. The first-order valence-electron chi connectivity index (χ1n) is 12.1. The first-order valence-corrected chi connectivity index (χ1v) is 13.6. The number of rotatable bonds is 8. The van der Waals surface area contributed by atoms with Crippen LogP contribution in [0.2, 0.25) is 0 Å². The maximum Gasteiger partial charge on any atom is 0.244 e. The second-order valence-electron chi connectivity index (χ2n) is 9.18. The van der Waals surface area contributed by atoms with E-state index in [9.17, 15) is 17.6 Å². The van der Waals surface area contributed by atoms with E-state index in [2.05, 4.69) is 10.0 Å². The molecular weight excluding hydrogens is 479 g/mol. The van der Waals surface area contributed by atoms with Crippen LogP contribution in [-0.4, -0.2) is 27.5 Å². The summed E-state index contributed by atoms with van der Waals surface area (Å²) < 4.78 is 47.9. The van der Waals surface area contributed by atoms with Gasteiger partial charge in [0.25, 0.3) is 0 Å². The monoisotopic (exact) mass is 510 g/mol. The predicted molar refractivity (Wildman–Crippen MR) is 137 cm³/mol. The van der Waals surface area contributed by atoms with Crippen molar-refractivity contribution in [2.24, 2.45) is 5.92 Å². The summed E-state index contributed by atoms with van der Waals surface area (Å²) in [6.45, 7) is 1.86. The minimum Gasteiger partial charge on any atom is -0.495 e. The quantitative estimate of drug-likeness (QED) is 0.435. The second kappa shape index (κ2) is 11.2. The van der Waals surface area contributed by atoms with Crippen molar-refractivity contribution >= 4 is 15.9 Å². The van der Waals surface area contributed by atoms with Gasteiger partial charge in [0.1, 0.15) is 16.5 Å². The Labute approximate surface area is 211 Å². The Morgan fingerprint density at radius 2 is 1.61 bits per heavy atom. The minimum absolute atomic E-state index is 0.0645. The van der Waals surface area contributed by atoms with E-state index in [4.69, 9.17) is 4.74 Å². The van der Waals surface area contributed by atoms with Crippen LogP contribution in [0.3, 0.4) is 0 Å². The fourth-order valence-corrected chi connectivity index (χ4v) is 6.12. The van der Waals surface area contributed by atoms with Crippen LogP contribution in [0.25, 0.3) is 11.1 Å². The fourth-order valence-electron chi connectivity index (χ4n) is 4.62. The van der Waals surface area contributed by atoms with Crippen molar-refractivity contribution in [1.29, 1.82) is 0 Å². The first-order chi connectivity index (χ1) is 17.3. The molecule has 1 aliphatic carbocycles. The Morgan fingerprint density at radius 1 is 0.944 bits per heavy atom. The van der Waals surface area contributed by atoms with Gasteiger partial charge in [0, 0.05) is 12.0 Å². The zero-order valence-electron chi connectivity index (χ0n) is 20.4. The van der Waals surface area contributed by atoms with Crippen molar-refractivity contribution in [3.05, 3.63) is 84.2 Å². The standard InChI is InChI=1S/C28H31FN2O4S/c1-19(20-8-13-24(29)14-9-20)30-28(32)22-10-15-25(16-11-22)31-36(33,34)27-18-23(12-17-26(27)35-2)21-6-4-3-5-7-21/h3-9,12-14,17-19,22,25,31H,10-11,15-16H2,1-2H3,(H,30,32)/t19-,22-,25-/m1/s1. The third-order valence-corrected chi connectivity index (χ3v) is 8.25. The Kier molecular flexibility index (Phi) is 8.06. The van der Waals surface area contributed by atoms with Gasteiger partial charge in [-0.15, -0.1) is 0 Å². The molecule has 0 radical (unpaired) electrons. The summed E-state index contributed by atoms with van der Waals surface area (Å²) in [5.74, 6) is -0.289. The molecule has 0 aliphatic heterocycles. The van der Waals surface area contributed by atoms with Gasteiger partial charge in [0.05, 0.1) is 13.2 Å². The molecule has 1 saturated carbocycles. The average molecular weight is 511 g/mol. The molecule has 0 spiro atoms. The van der Waals surface area contributed by atoms with Crippen LogP contribution in [0.4, 0.5) is 4.39 Å². The summed E-state index contributed by atoms with van der Waals surface area (Å²) in [6, 6.07) is 20.3. The number of amides is 1. The molecule has 0 heterocycles. The topological polar surface area (TPSA) is 84.5 Å². The third-order valence-electron chi connectivity index (χ3n) is 6.71. The highest BCUT2D eigenvalue weighted by Crippen LogP contribution is 2.32. The molecule has 1 aliphatic rings. The van der Waals surface area contributed by atoms with Gasteiger partial charge in [0.15, 0.2) is 0 Å². The van der Waals surface area contributed by atoms with Gasteiger partial charge in [-0.3, -0.25) is 4.79 Å². The lowest BCUT2D eigenvalue weighted by molar-refractivity contribution is -0.126. The van der Waals surface area contributed by atoms with Crippen LogP contribution >= 0.6 is 0 Å². The van der Waals surface area contributed by atoms with Crippen LogP contribution < -0.4 is 14.8 Å². The maximum absolute atomic E-state index is 13.3. The first kappa shape index (κ1) is 25.9. The Balaban J connectivity index is 1.38. The molecule has 1 amide bonds. The molecule has 6 nitrogen and oxygen atoms in total. The van der Waals surface area contributed by atoms with Gasteiger partial charge in [-0.1, -0.05) is 48.5 Å². The Morgan fingerprint density at radius 3 is 2.25 bits per heavy atom. The van der Waals surface area contributed by atoms with Crippen molar-refractivity contribution in [2.75, 3.05) is 7.11 Å². The van der Waals surface area contributed by atoms with Crippen LogP contribution in [0.5, 0.6) is 5.75 Å². The van der Waals surface area contributed by atoms with Gasteiger partial charge in [-0.05, 0) is 73.6 Å². The van der Waals surface area contributed by atoms with Gasteiger partial charge < -0.3 is 10.1 Å². The molecule has 0 unspecified atom stereocenters. The predicted octanol–water partition coefficient (Wildman–Crippen LogP) is 5.22. The summed E-state index contributed by atoms with van der Waals surface area (Å²) in [5.41, 5.74) is 2.53. The number of sulfonamides is 1. The normalized spacial score (nSPS) is 18.9. The fraction of sp³-hybridized carbons (Fsp3) is 0.321. The van der Waals surface area contributed by atoms with Crippen molar-refractivity contribution in [2.45, 2.75) is 49.6 Å². The summed E-state index contributed by atoms with van der Waals surface area (Å²) in [7, 11) is -2.38. The van der Waals surface area contributed by atoms with Crippen molar-refractivity contribution in [3.8, 4) is 16.9 Å². The van der Waals surface area contributed by atoms with E-state index in [0.29, 0.717) is 25.7 Å². The zero-order chi connectivity index (χ0) is 25.7. The molecule has 1 atom stereocenters. The van der Waals surface area contributed by atoms with Crippen molar-refractivity contribution < 1.29 is 22.3 Å². The molecule has 36 heavy (non-hydrogen) atoms. The van der Waals surface area contributed by atoms with Gasteiger partial charge in [0.2, 0.25) is 15.9 Å². The van der Waals surface area contributed by atoms with Crippen molar-refractivity contribution in [1.82, 2.24) is 10.0 Å². The molecular formula is C28H31FN2O4S. The van der Waals surface area contributed by atoms with E-state index in [1.54, 1.807) is 24.3 Å². The minimum atomic E-state index is -3.84. The van der Waals surface area contributed by atoms with Gasteiger partial charge in [-0.25, -0.2) is 17.5 Å². The molecule has 0 bridgehead atoms. The summed E-state index contributed by atoms with van der Waals surface area (Å²) in [6.07, 6.45) is 2.28. The van der Waals surface area contributed by atoms with Crippen molar-refractivity contribution in [3.63, 3.8) is 0 Å². The van der Waals surface area contributed by atoms with E-state index in [-0.39, 0.29) is 40.4 Å². The molecule has 0 saturated heterocycles. The van der Waals surface area contributed by atoms with E-state index >= 15 is 0 Å². The van der Waals surface area contributed by atoms with E-state index < -0.39 is 10.0 Å². The Hall–Kier alpha value is -3.23. The molecule has 1 fully saturated rings. The van der Waals surface area contributed by atoms with Gasteiger partial charge in [-0.2, -0.15) is 0 Å². The van der Waals surface area contributed by atoms with E-state index in [0.717, 1.165) is 16.7 Å². The number of carbonyl (C=O) groups is 1. The van der Waals surface area contributed by atoms with E-state index in [1.165, 1.54) is 19.2 Å². The Bertz CT molecular complexity index is 1290. The summed E-state index contributed by atoms with van der Waals surface area (Å²) in [4.78, 5) is 12.9.